The Kier molecular flexibility index (Phi) is 8.89. The van der Waals surface area contributed by atoms with Gasteiger partial charge in [-0.2, -0.15) is 13.2 Å². The van der Waals surface area contributed by atoms with Crippen molar-refractivity contribution in [2.45, 2.75) is 70.2 Å². The van der Waals surface area contributed by atoms with Crippen molar-refractivity contribution < 1.29 is 27.9 Å². The summed E-state index contributed by atoms with van der Waals surface area (Å²) in [5, 5.41) is 25.3. The quantitative estimate of drug-likeness (QED) is 0.363. The summed E-state index contributed by atoms with van der Waals surface area (Å²) in [6, 6.07) is 3.63. The summed E-state index contributed by atoms with van der Waals surface area (Å²) < 4.78 is 38.5. The highest BCUT2D eigenvalue weighted by atomic mass is 32.1. The normalized spacial score (nSPS) is 21.0. The number of alkyl halides is 3. The lowest BCUT2D eigenvalue weighted by molar-refractivity contribution is -0.137. The molecule has 4 N–H and O–H groups in total. The Morgan fingerprint density at radius 2 is 2.00 bits per heavy atom. The summed E-state index contributed by atoms with van der Waals surface area (Å²) in [4.78, 5) is 29.9. The average Bonchev–Trinajstić information content (AvgIpc) is 3.33. The van der Waals surface area contributed by atoms with Crippen molar-refractivity contribution >= 4 is 28.9 Å². The molecule has 7 nitrogen and oxygen atoms in total. The summed E-state index contributed by atoms with van der Waals surface area (Å²) in [6.45, 7) is 3.41. The maximum atomic E-state index is 12.8. The standard InChI is InChI=1S/C25H31F3N4O3S/c1-3-19-13-31-23(36-19)24(35)9-7-16(8-10-24)20(29)11-15(2)32-21(33)14-30-22(34)17-5-4-6-18(12-17)25(26,27)28/h4-6,12-13,15-16,29,35H,3,7-11,14H2,1-2H3,(H,30,34)(H,32,33)/t15-,16?,24?/m1/s1. The Balaban J connectivity index is 1.42. The van der Waals surface area contributed by atoms with Gasteiger partial charge in [-0.1, -0.05) is 13.0 Å². The third kappa shape index (κ3) is 7.13. The molecule has 1 fully saturated rings. The monoisotopic (exact) mass is 524 g/mol. The number of aryl methyl sites for hydroxylation is 1. The van der Waals surface area contributed by atoms with Crippen molar-refractivity contribution in [3.05, 3.63) is 51.5 Å². The van der Waals surface area contributed by atoms with Crippen molar-refractivity contribution in [3.8, 4) is 0 Å². The van der Waals surface area contributed by atoms with Gasteiger partial charge in [-0.15, -0.1) is 11.3 Å². The van der Waals surface area contributed by atoms with Crippen LogP contribution >= 0.6 is 11.3 Å². The molecule has 1 aliphatic rings. The topological polar surface area (TPSA) is 115 Å². The van der Waals surface area contributed by atoms with E-state index in [1.807, 2.05) is 6.92 Å². The van der Waals surface area contributed by atoms with Gasteiger partial charge in [0.1, 0.15) is 10.6 Å². The summed E-state index contributed by atoms with van der Waals surface area (Å²) in [5.74, 6) is -1.27. The molecule has 1 heterocycles. The Morgan fingerprint density at radius 3 is 2.61 bits per heavy atom. The number of aliphatic hydroxyl groups is 1. The van der Waals surface area contributed by atoms with E-state index in [4.69, 9.17) is 5.41 Å². The number of carbonyl (C=O) groups is 2. The summed E-state index contributed by atoms with van der Waals surface area (Å²) in [5.41, 5.74) is -1.59. The fourth-order valence-electron chi connectivity index (χ4n) is 4.32. The van der Waals surface area contributed by atoms with E-state index >= 15 is 0 Å². The average molecular weight is 525 g/mol. The first-order chi connectivity index (χ1) is 16.9. The third-order valence-corrected chi connectivity index (χ3v) is 7.74. The number of aromatic nitrogens is 1. The van der Waals surface area contributed by atoms with Crippen LogP contribution in [-0.4, -0.2) is 40.2 Å². The zero-order valence-electron chi connectivity index (χ0n) is 20.2. The molecule has 0 aliphatic heterocycles. The minimum Gasteiger partial charge on any atom is -0.383 e. The number of halogens is 3. The van der Waals surface area contributed by atoms with Crippen LogP contribution in [0.4, 0.5) is 13.2 Å². The van der Waals surface area contributed by atoms with Crippen LogP contribution < -0.4 is 10.6 Å². The number of benzene rings is 1. The number of carbonyl (C=O) groups excluding carboxylic acids is 2. The molecule has 2 amide bonds. The van der Waals surface area contributed by atoms with Crippen molar-refractivity contribution in [2.75, 3.05) is 6.54 Å². The number of nitrogens with one attached hydrogen (secondary N) is 3. The molecule has 3 rings (SSSR count). The molecule has 1 aliphatic carbocycles. The second-order valence-electron chi connectivity index (χ2n) is 9.25. The van der Waals surface area contributed by atoms with E-state index in [1.165, 1.54) is 17.4 Å². The minimum absolute atomic E-state index is 0.0100. The van der Waals surface area contributed by atoms with E-state index in [-0.39, 0.29) is 17.5 Å². The number of hydrogen-bond donors (Lipinski definition) is 4. The predicted octanol–water partition coefficient (Wildman–Crippen LogP) is 4.45. The van der Waals surface area contributed by atoms with Gasteiger partial charge < -0.3 is 21.1 Å². The van der Waals surface area contributed by atoms with Gasteiger partial charge in [0.25, 0.3) is 5.91 Å². The minimum atomic E-state index is -4.57. The zero-order chi connectivity index (χ0) is 26.5. The highest BCUT2D eigenvalue weighted by Crippen LogP contribution is 2.41. The smallest absolute Gasteiger partial charge is 0.383 e. The summed E-state index contributed by atoms with van der Waals surface area (Å²) in [6.07, 6.45) is 0.807. The maximum Gasteiger partial charge on any atom is 0.416 e. The maximum absolute atomic E-state index is 12.8. The Bertz CT molecular complexity index is 1090. The Morgan fingerprint density at radius 1 is 1.31 bits per heavy atom. The van der Waals surface area contributed by atoms with Crippen LogP contribution in [0.15, 0.2) is 30.5 Å². The van der Waals surface area contributed by atoms with Crippen molar-refractivity contribution in [2.24, 2.45) is 5.92 Å². The van der Waals surface area contributed by atoms with Gasteiger partial charge in [-0.25, -0.2) is 4.98 Å². The molecular formula is C25H31F3N4O3S. The molecule has 0 spiro atoms. The van der Waals surface area contributed by atoms with Crippen LogP contribution in [-0.2, 0) is 23.0 Å². The first kappa shape index (κ1) is 27.8. The molecule has 11 heteroatoms. The molecule has 0 unspecified atom stereocenters. The van der Waals surface area contributed by atoms with E-state index in [0.29, 0.717) is 37.8 Å². The van der Waals surface area contributed by atoms with Gasteiger partial charge in [0.05, 0.1) is 12.1 Å². The molecule has 36 heavy (non-hydrogen) atoms. The largest absolute Gasteiger partial charge is 0.416 e. The Labute approximate surface area is 212 Å². The zero-order valence-corrected chi connectivity index (χ0v) is 21.1. The lowest BCUT2D eigenvalue weighted by Gasteiger charge is -2.35. The number of hydrogen-bond acceptors (Lipinski definition) is 6. The molecule has 0 radical (unpaired) electrons. The van der Waals surface area contributed by atoms with Gasteiger partial charge in [0.2, 0.25) is 5.91 Å². The predicted molar refractivity (Wildman–Crippen MR) is 131 cm³/mol. The van der Waals surface area contributed by atoms with Crippen LogP contribution in [0.1, 0.15) is 71.8 Å². The number of nitrogens with zero attached hydrogens (tertiary/aromatic N) is 1. The molecule has 1 saturated carbocycles. The Hall–Kier alpha value is -2.79. The van der Waals surface area contributed by atoms with Crippen molar-refractivity contribution in [1.29, 1.82) is 5.41 Å². The molecule has 2 aromatic rings. The molecule has 1 aromatic heterocycles. The number of amides is 2. The van der Waals surface area contributed by atoms with Crippen LogP contribution in [0.5, 0.6) is 0 Å². The van der Waals surface area contributed by atoms with E-state index in [2.05, 4.69) is 15.6 Å². The fraction of sp³-hybridized carbons (Fsp3) is 0.520. The van der Waals surface area contributed by atoms with Crippen LogP contribution in [0.2, 0.25) is 0 Å². The lowest BCUT2D eigenvalue weighted by atomic mass is 9.76. The summed E-state index contributed by atoms with van der Waals surface area (Å²) in [7, 11) is 0. The first-order valence-corrected chi connectivity index (χ1v) is 12.7. The van der Waals surface area contributed by atoms with Crippen molar-refractivity contribution in [3.63, 3.8) is 0 Å². The third-order valence-electron chi connectivity index (χ3n) is 6.40. The van der Waals surface area contributed by atoms with Gasteiger partial charge in [-0.05, 0) is 63.1 Å². The lowest BCUT2D eigenvalue weighted by Crippen LogP contribution is -2.42. The van der Waals surface area contributed by atoms with Crippen LogP contribution in [0.25, 0.3) is 0 Å². The first-order valence-electron chi connectivity index (χ1n) is 11.9. The second-order valence-corrected chi connectivity index (χ2v) is 10.4. The van der Waals surface area contributed by atoms with Gasteiger partial charge in [-0.3, -0.25) is 9.59 Å². The molecule has 0 bridgehead atoms. The number of thiazole rings is 1. The second kappa shape index (κ2) is 11.5. The molecule has 0 saturated heterocycles. The van der Waals surface area contributed by atoms with E-state index < -0.39 is 35.7 Å². The molecule has 1 aromatic carbocycles. The van der Waals surface area contributed by atoms with Crippen LogP contribution in [0.3, 0.4) is 0 Å². The molecule has 1 atom stereocenters. The SMILES string of the molecule is CCc1cnc(C2(O)CCC(C(=N)C[C@@H](C)NC(=O)CNC(=O)c3cccc(C(F)(F)F)c3)CC2)s1. The number of rotatable bonds is 9. The molecule has 196 valence electrons. The highest BCUT2D eigenvalue weighted by Gasteiger charge is 2.38. The fourth-order valence-corrected chi connectivity index (χ4v) is 5.31. The van der Waals surface area contributed by atoms with Gasteiger partial charge >= 0.3 is 6.18 Å². The molecular weight excluding hydrogens is 493 g/mol. The van der Waals surface area contributed by atoms with E-state index in [0.717, 1.165) is 34.5 Å². The van der Waals surface area contributed by atoms with Crippen molar-refractivity contribution in [1.82, 2.24) is 15.6 Å². The van der Waals surface area contributed by atoms with Crippen LogP contribution in [0, 0.1) is 11.3 Å². The van der Waals surface area contributed by atoms with E-state index in [1.54, 1.807) is 13.1 Å². The summed E-state index contributed by atoms with van der Waals surface area (Å²) >= 11 is 1.53. The van der Waals surface area contributed by atoms with Gasteiger partial charge in [0, 0.05) is 34.8 Å². The highest BCUT2D eigenvalue weighted by molar-refractivity contribution is 7.11. The van der Waals surface area contributed by atoms with E-state index in [9.17, 15) is 27.9 Å². The van der Waals surface area contributed by atoms with Gasteiger partial charge in [0.15, 0.2) is 0 Å².